The standard InChI is InChI=1S/C16H14F2N10O/c17-11-9(6-10(12(11)18)29-8-4-2-1-3-5-8)28-7-21-13-14(24-26-19)22-16(25-27-20)23-15(13)28/h1-5,7,9-12,19-20H,6H2/q+2/t9-,10+,11-,12?/m1/s1. The Balaban J connectivity index is 1.72. The van der Waals surface area contributed by atoms with Crippen LogP contribution in [0.1, 0.15) is 12.5 Å². The van der Waals surface area contributed by atoms with Crippen LogP contribution in [0.2, 0.25) is 0 Å². The minimum Gasteiger partial charge on any atom is -0.487 e. The first-order chi connectivity index (χ1) is 14.1. The van der Waals surface area contributed by atoms with Crippen molar-refractivity contribution in [3.8, 4) is 5.75 Å². The molecule has 1 fully saturated rings. The highest BCUT2D eigenvalue weighted by Crippen LogP contribution is 2.39. The Morgan fingerprint density at radius 1 is 1.07 bits per heavy atom. The number of fused-ring (bicyclic) bond motifs is 1. The summed E-state index contributed by atoms with van der Waals surface area (Å²) >= 11 is 0. The van der Waals surface area contributed by atoms with Crippen molar-refractivity contribution in [1.29, 1.82) is 11.1 Å². The molecule has 29 heavy (non-hydrogen) atoms. The Morgan fingerprint density at radius 3 is 2.55 bits per heavy atom. The van der Waals surface area contributed by atoms with E-state index in [4.69, 9.17) is 15.8 Å². The summed E-state index contributed by atoms with van der Waals surface area (Å²) in [5, 5.41) is 6.96. The molecule has 0 bridgehead atoms. The molecular weight excluding hydrogens is 386 g/mol. The van der Waals surface area contributed by atoms with Crippen LogP contribution < -0.4 is 14.6 Å². The van der Waals surface area contributed by atoms with Gasteiger partial charge in [0.25, 0.3) is 5.82 Å². The molecule has 0 saturated heterocycles. The summed E-state index contributed by atoms with van der Waals surface area (Å²) in [5.74, 6) is 0.120. The third-order valence-electron chi connectivity index (χ3n) is 4.56. The molecule has 1 saturated carbocycles. The molecule has 4 atom stereocenters. The van der Waals surface area contributed by atoms with Crippen LogP contribution in [0.4, 0.5) is 20.5 Å². The van der Waals surface area contributed by atoms with E-state index in [1.807, 2.05) is 0 Å². The van der Waals surface area contributed by atoms with E-state index in [0.29, 0.717) is 5.75 Å². The quantitative estimate of drug-likeness (QED) is 0.498. The normalized spacial score (nSPS) is 23.4. The molecule has 1 unspecified atom stereocenters. The van der Waals surface area contributed by atoms with Gasteiger partial charge < -0.3 is 9.30 Å². The van der Waals surface area contributed by atoms with E-state index in [-0.39, 0.29) is 29.4 Å². The van der Waals surface area contributed by atoms with E-state index in [0.717, 1.165) is 0 Å². The first-order valence-corrected chi connectivity index (χ1v) is 8.51. The summed E-state index contributed by atoms with van der Waals surface area (Å²) in [4.78, 5) is 17.9. The van der Waals surface area contributed by atoms with Crippen LogP contribution in [0.5, 0.6) is 5.75 Å². The van der Waals surface area contributed by atoms with Crippen LogP contribution in [0.25, 0.3) is 11.2 Å². The molecule has 2 N–H and O–H groups in total. The maximum Gasteiger partial charge on any atom is 0.340 e. The molecule has 2 heterocycles. The second kappa shape index (κ2) is 7.58. The van der Waals surface area contributed by atoms with Gasteiger partial charge in [0.15, 0.2) is 33.7 Å². The zero-order valence-electron chi connectivity index (χ0n) is 14.7. The average Bonchev–Trinajstić information content (AvgIpc) is 3.26. The molecule has 0 radical (unpaired) electrons. The van der Waals surface area contributed by atoms with Crippen LogP contribution in [-0.2, 0) is 0 Å². The van der Waals surface area contributed by atoms with Crippen molar-refractivity contribution < 1.29 is 13.5 Å². The van der Waals surface area contributed by atoms with Gasteiger partial charge in [-0.1, -0.05) is 18.2 Å². The lowest BCUT2D eigenvalue weighted by atomic mass is 10.2. The summed E-state index contributed by atoms with van der Waals surface area (Å²) in [5.41, 5.74) is 14.0. The van der Waals surface area contributed by atoms with E-state index in [1.165, 1.54) is 10.9 Å². The number of hydrogen-bond acceptors (Lipinski definition) is 8. The molecule has 1 aliphatic carbocycles. The molecule has 3 aromatic rings. The Morgan fingerprint density at radius 2 is 1.83 bits per heavy atom. The van der Waals surface area contributed by atoms with E-state index < -0.39 is 24.5 Å². The molecule has 1 aliphatic rings. The number of nitrogens with zero attached hydrogens (tertiary/aromatic N) is 8. The van der Waals surface area contributed by atoms with Gasteiger partial charge >= 0.3 is 5.95 Å². The number of para-hydroxylation sites is 1. The van der Waals surface area contributed by atoms with Crippen LogP contribution in [0.15, 0.2) is 46.9 Å². The fourth-order valence-electron chi connectivity index (χ4n) is 3.31. The Labute approximate surface area is 161 Å². The van der Waals surface area contributed by atoms with Crippen molar-refractivity contribution in [2.45, 2.75) is 30.9 Å². The molecular formula is C16H14F2N10O+2. The number of rotatable bonds is 5. The van der Waals surface area contributed by atoms with E-state index in [2.05, 4.69) is 35.0 Å². The number of nitrogens with one attached hydrogen (secondary N) is 2. The van der Waals surface area contributed by atoms with Crippen molar-refractivity contribution in [3.63, 3.8) is 0 Å². The molecule has 4 rings (SSSR count). The van der Waals surface area contributed by atoms with Gasteiger partial charge in [-0.2, -0.15) is 9.97 Å². The van der Waals surface area contributed by atoms with Gasteiger partial charge in [0.05, 0.1) is 12.4 Å². The number of hydrogen-bond donors (Lipinski definition) is 2. The first-order valence-electron chi connectivity index (χ1n) is 8.51. The summed E-state index contributed by atoms with van der Waals surface area (Å²) in [6, 6.07) is 7.68. The largest absolute Gasteiger partial charge is 0.487 e. The van der Waals surface area contributed by atoms with Gasteiger partial charge in [0.1, 0.15) is 22.9 Å². The highest BCUT2D eigenvalue weighted by atomic mass is 19.2. The zero-order valence-corrected chi connectivity index (χ0v) is 14.7. The first kappa shape index (κ1) is 18.4. The molecule has 0 amide bonds. The number of ether oxygens (including phenoxy) is 1. The number of alkyl halides is 2. The number of benzene rings is 1. The van der Waals surface area contributed by atoms with Crippen molar-refractivity contribution in [2.24, 2.45) is 10.2 Å². The molecule has 0 spiro atoms. The fourth-order valence-corrected chi connectivity index (χ4v) is 3.31. The van der Waals surface area contributed by atoms with E-state index in [1.54, 1.807) is 30.3 Å². The van der Waals surface area contributed by atoms with Gasteiger partial charge in [-0.3, -0.25) is 0 Å². The minimum absolute atomic E-state index is 0.0390. The SMILES string of the molecule is N=[N+]=Nc1nc(N=[N+]=N)c2ncn([C@@H]3C[C@H](Oc4ccccc4)C(F)[C@@H]3F)c2n1. The minimum atomic E-state index is -1.86. The third kappa shape index (κ3) is 3.35. The van der Waals surface area contributed by atoms with E-state index in [9.17, 15) is 8.78 Å². The third-order valence-corrected chi connectivity index (χ3v) is 4.56. The summed E-state index contributed by atoms with van der Waals surface area (Å²) < 4.78 is 36.4. The van der Waals surface area contributed by atoms with Gasteiger partial charge in [-0.25, -0.2) is 13.8 Å². The van der Waals surface area contributed by atoms with Crippen LogP contribution in [0, 0.1) is 11.1 Å². The lowest BCUT2D eigenvalue weighted by Crippen LogP contribution is -2.27. The molecule has 2 aromatic heterocycles. The van der Waals surface area contributed by atoms with E-state index >= 15 is 0 Å². The summed E-state index contributed by atoms with van der Waals surface area (Å²) in [6.07, 6.45) is -3.37. The Kier molecular flexibility index (Phi) is 4.82. The van der Waals surface area contributed by atoms with Crippen LogP contribution in [0.3, 0.4) is 0 Å². The lowest BCUT2D eigenvalue weighted by molar-refractivity contribution is 0.0864. The summed E-state index contributed by atoms with van der Waals surface area (Å²) in [6.45, 7) is 0. The zero-order chi connectivity index (χ0) is 20.4. The predicted octanol–water partition coefficient (Wildman–Crippen LogP) is 3.26. The maximum atomic E-state index is 14.8. The molecule has 146 valence electrons. The second-order valence-electron chi connectivity index (χ2n) is 6.23. The Bertz CT molecular complexity index is 1140. The van der Waals surface area contributed by atoms with Crippen LogP contribution >= 0.6 is 0 Å². The van der Waals surface area contributed by atoms with Gasteiger partial charge in [0.2, 0.25) is 9.82 Å². The monoisotopic (exact) mass is 400 g/mol. The number of halogens is 2. The van der Waals surface area contributed by atoms with Gasteiger partial charge in [-0.05, 0) is 12.1 Å². The predicted molar refractivity (Wildman–Crippen MR) is 93.5 cm³/mol. The lowest BCUT2D eigenvalue weighted by Gasteiger charge is -2.15. The maximum absolute atomic E-state index is 14.8. The number of imidazole rings is 1. The molecule has 13 heteroatoms. The molecule has 11 nitrogen and oxygen atoms in total. The highest BCUT2D eigenvalue weighted by molar-refractivity contribution is 5.82. The highest BCUT2D eigenvalue weighted by Gasteiger charge is 2.47. The van der Waals surface area contributed by atoms with Crippen molar-refractivity contribution in [2.75, 3.05) is 0 Å². The summed E-state index contributed by atoms with van der Waals surface area (Å²) in [7, 11) is 0. The fraction of sp³-hybridized carbons (Fsp3) is 0.312. The van der Waals surface area contributed by atoms with Crippen molar-refractivity contribution >= 4 is 22.9 Å². The van der Waals surface area contributed by atoms with Crippen molar-refractivity contribution in [3.05, 3.63) is 36.7 Å². The smallest absolute Gasteiger partial charge is 0.340 e. The number of aromatic nitrogens is 4. The van der Waals surface area contributed by atoms with Gasteiger partial charge in [-0.15, -0.1) is 0 Å². The Hall–Kier alpha value is -3.95. The van der Waals surface area contributed by atoms with Gasteiger partial charge in [0, 0.05) is 6.42 Å². The molecule has 1 aromatic carbocycles. The van der Waals surface area contributed by atoms with Crippen molar-refractivity contribution in [1.82, 2.24) is 29.3 Å². The topological polar surface area (TPSA) is 153 Å². The average molecular weight is 400 g/mol. The molecule has 0 aliphatic heterocycles. The van der Waals surface area contributed by atoms with Crippen LogP contribution in [-0.4, -0.2) is 38.0 Å². The second-order valence-corrected chi connectivity index (χ2v) is 6.23.